The van der Waals surface area contributed by atoms with Crippen LogP contribution in [0.5, 0.6) is 17.4 Å². The minimum atomic E-state index is -0.0752. The van der Waals surface area contributed by atoms with Gasteiger partial charge in [0.2, 0.25) is 11.8 Å². The summed E-state index contributed by atoms with van der Waals surface area (Å²) in [6.07, 6.45) is 15.3. The number of nitrogens with zero attached hydrogens (tertiary/aromatic N) is 11. The van der Waals surface area contributed by atoms with Gasteiger partial charge in [0.25, 0.3) is 0 Å². The molecule has 2 saturated heterocycles. The molecule has 79 heavy (non-hydrogen) atoms. The summed E-state index contributed by atoms with van der Waals surface area (Å²) >= 11 is 0. The van der Waals surface area contributed by atoms with E-state index >= 15 is 0 Å². The zero-order valence-corrected chi connectivity index (χ0v) is 45.5. The summed E-state index contributed by atoms with van der Waals surface area (Å²) in [5.41, 5.74) is 11.6. The maximum absolute atomic E-state index is 13.4. The average Bonchev–Trinajstić information content (AvgIpc) is 4.15. The van der Waals surface area contributed by atoms with Crippen LogP contribution >= 0.6 is 0 Å². The van der Waals surface area contributed by atoms with Crippen LogP contribution in [-0.2, 0) is 36.7 Å². The Morgan fingerprint density at radius 2 is 1.59 bits per heavy atom. The van der Waals surface area contributed by atoms with E-state index in [1.54, 1.807) is 6.08 Å². The van der Waals surface area contributed by atoms with Crippen LogP contribution in [0.2, 0.25) is 0 Å². The third-order valence-electron chi connectivity index (χ3n) is 14.1. The average molecular weight is 1080 g/mol. The SMILES string of the molecule is CCc1cnn2c(NCc3ccc(OCCOCCOCCOCCOCCN(C)C/C=C/C(=O)N4CCC[C@@H](n5nc(-c6ccc(Oc7ccccc7)cc6)c6c(N)ncnc65)C4)nc3)cc(N3CCCC[C@H]3CCO)nc12. The third-order valence-corrected chi connectivity index (χ3v) is 14.1. The molecule has 0 aliphatic carbocycles. The number of aliphatic hydroxyl groups excluding tert-OH is 1. The second-order valence-corrected chi connectivity index (χ2v) is 19.7. The van der Waals surface area contributed by atoms with Crippen molar-refractivity contribution in [3.63, 3.8) is 0 Å². The number of nitrogens with one attached hydrogen (secondary N) is 1. The monoisotopic (exact) mass is 1080 g/mol. The molecule has 7 aromatic rings. The number of nitrogens with two attached hydrogens (primary N) is 1. The number of aromatic nitrogens is 8. The van der Waals surface area contributed by atoms with Crippen molar-refractivity contribution < 1.29 is 38.3 Å². The zero-order chi connectivity index (χ0) is 54.6. The van der Waals surface area contributed by atoms with Gasteiger partial charge in [-0.2, -0.15) is 14.7 Å². The molecular formula is C58H75N13O8. The summed E-state index contributed by atoms with van der Waals surface area (Å²) in [4.78, 5) is 38.1. The number of fused-ring (bicyclic) bond motifs is 2. The lowest BCUT2D eigenvalue weighted by Gasteiger charge is -2.36. The largest absolute Gasteiger partial charge is 0.475 e. The minimum absolute atomic E-state index is 0.0317. The van der Waals surface area contributed by atoms with Crippen molar-refractivity contribution in [2.75, 3.05) is 122 Å². The number of benzene rings is 2. The number of pyridine rings is 1. The number of ether oxygens (including phenoxy) is 6. The molecule has 2 aromatic carbocycles. The Labute approximate surface area is 461 Å². The van der Waals surface area contributed by atoms with E-state index in [-0.39, 0.29) is 24.6 Å². The van der Waals surface area contributed by atoms with E-state index in [1.165, 1.54) is 12.7 Å². The number of carbonyl (C=O) groups is 1. The summed E-state index contributed by atoms with van der Waals surface area (Å²) in [7, 11) is 2.00. The van der Waals surface area contributed by atoms with Gasteiger partial charge in [-0.1, -0.05) is 37.3 Å². The number of anilines is 3. The molecule has 0 radical (unpaired) electrons. The molecule has 0 saturated carbocycles. The Bertz CT molecular complexity index is 3010. The van der Waals surface area contributed by atoms with Crippen LogP contribution in [0.15, 0.2) is 104 Å². The van der Waals surface area contributed by atoms with Crippen molar-refractivity contribution in [1.29, 1.82) is 0 Å². The van der Waals surface area contributed by atoms with Gasteiger partial charge in [0.15, 0.2) is 11.3 Å². The maximum atomic E-state index is 13.4. The number of aryl methyl sites for hydroxylation is 1. The second-order valence-electron chi connectivity index (χ2n) is 19.7. The van der Waals surface area contributed by atoms with Gasteiger partial charge in [-0.25, -0.2) is 24.6 Å². The first-order chi connectivity index (χ1) is 38.8. The van der Waals surface area contributed by atoms with Gasteiger partial charge < -0.3 is 59.3 Å². The van der Waals surface area contributed by atoms with Crippen LogP contribution < -0.4 is 25.4 Å². The Kier molecular flexibility index (Phi) is 20.8. The number of hydrogen-bond acceptors (Lipinski definition) is 18. The van der Waals surface area contributed by atoms with Gasteiger partial charge in [0, 0.05) is 87.4 Å². The number of likely N-dealkylation sites (N-methyl/N-ethyl adjacent to an activating group) is 1. The number of carbonyl (C=O) groups excluding carboxylic acids is 1. The Morgan fingerprint density at radius 3 is 2.34 bits per heavy atom. The summed E-state index contributed by atoms with van der Waals surface area (Å²) in [5, 5.41) is 23.6. The Hall–Kier alpha value is -7.27. The van der Waals surface area contributed by atoms with Crippen molar-refractivity contribution in [2.24, 2.45) is 0 Å². The third kappa shape index (κ3) is 15.5. The van der Waals surface area contributed by atoms with Gasteiger partial charge in [-0.15, -0.1) is 0 Å². The summed E-state index contributed by atoms with van der Waals surface area (Å²) < 4.78 is 38.4. The van der Waals surface area contributed by atoms with Gasteiger partial charge in [-0.05, 0) is 94.0 Å². The van der Waals surface area contributed by atoms with E-state index < -0.39 is 0 Å². The van der Waals surface area contributed by atoms with Crippen LogP contribution in [0.3, 0.4) is 0 Å². The first-order valence-corrected chi connectivity index (χ1v) is 27.7. The molecule has 2 aliphatic heterocycles. The fourth-order valence-electron chi connectivity index (χ4n) is 9.89. The number of nitrogen functional groups attached to an aromatic ring is 1. The molecule has 0 bridgehead atoms. The van der Waals surface area contributed by atoms with Crippen LogP contribution in [0, 0.1) is 0 Å². The highest BCUT2D eigenvalue weighted by molar-refractivity contribution is 5.98. The predicted octanol–water partition coefficient (Wildman–Crippen LogP) is 7.02. The van der Waals surface area contributed by atoms with Crippen molar-refractivity contribution in [2.45, 2.75) is 70.5 Å². The molecule has 4 N–H and O–H groups in total. The molecule has 7 heterocycles. The fourth-order valence-corrected chi connectivity index (χ4v) is 9.89. The van der Waals surface area contributed by atoms with Crippen molar-refractivity contribution in [3.8, 4) is 28.6 Å². The smallest absolute Gasteiger partial charge is 0.246 e. The number of likely N-dealkylation sites (tertiary alicyclic amines) is 1. The van der Waals surface area contributed by atoms with Crippen LogP contribution in [0.4, 0.5) is 17.5 Å². The van der Waals surface area contributed by atoms with Gasteiger partial charge in [0.05, 0.1) is 70.5 Å². The standard InChI is InChI=1S/C58H75N13O8/c1-3-44-40-64-71-50(37-51(65-57(44)71)69-25-8-7-11-46(69)22-27-72)60-38-43-16-21-52(61-39-43)78-36-35-77-34-33-76-32-31-75-30-29-74-28-26-67(2)23-10-15-53(73)68-24-9-12-47(41-68)70-58-54(56(59)62-42-63-58)55(66-70)45-17-19-49(20-18-45)79-48-13-5-4-6-14-48/h4-6,10,13-21,37,39-40,42,46-47,60,72H,3,7-9,11-12,22-36,38,41H2,1-2H3,(H2,59,62,63)/b15-10+/t46-,47+/m0/s1. The topological polar surface area (TPSA) is 227 Å². The van der Waals surface area contributed by atoms with Crippen LogP contribution in [-0.4, -0.2) is 172 Å². The quantitative estimate of drug-likeness (QED) is 0.0304. The highest BCUT2D eigenvalue weighted by atomic mass is 16.6. The van der Waals surface area contributed by atoms with Crippen LogP contribution in [0.1, 0.15) is 62.6 Å². The minimum Gasteiger partial charge on any atom is -0.475 e. The molecule has 2 aliphatic rings. The number of para-hydroxylation sites is 1. The van der Waals surface area contributed by atoms with Gasteiger partial charge in [-0.3, -0.25) is 4.79 Å². The first kappa shape index (κ1) is 56.5. The molecule has 9 rings (SSSR count). The number of rotatable bonds is 30. The maximum Gasteiger partial charge on any atom is 0.246 e. The molecule has 1 amide bonds. The highest BCUT2D eigenvalue weighted by Gasteiger charge is 2.29. The molecule has 21 heteroatoms. The number of piperidine rings is 2. The molecular weight excluding hydrogens is 1010 g/mol. The molecule has 0 spiro atoms. The zero-order valence-electron chi connectivity index (χ0n) is 45.5. The van der Waals surface area contributed by atoms with E-state index in [9.17, 15) is 9.90 Å². The number of amides is 1. The van der Waals surface area contributed by atoms with E-state index in [4.69, 9.17) is 44.2 Å². The van der Waals surface area contributed by atoms with E-state index in [0.717, 1.165) is 84.8 Å². The van der Waals surface area contributed by atoms with Crippen molar-refractivity contribution >= 4 is 40.0 Å². The van der Waals surface area contributed by atoms with E-state index in [2.05, 4.69) is 48.2 Å². The molecule has 2 atom stereocenters. The lowest BCUT2D eigenvalue weighted by atomic mass is 9.99. The molecule has 21 nitrogen and oxygen atoms in total. The fraction of sp³-hybridized carbons (Fsp3) is 0.466. The van der Waals surface area contributed by atoms with Crippen LogP contribution in [0.25, 0.3) is 27.9 Å². The van der Waals surface area contributed by atoms with Gasteiger partial charge in [0.1, 0.15) is 47.6 Å². The normalized spacial score (nSPS) is 15.9. The molecule has 0 unspecified atom stereocenters. The van der Waals surface area contributed by atoms with Crippen molar-refractivity contribution in [1.82, 2.24) is 49.1 Å². The Morgan fingerprint density at radius 1 is 0.835 bits per heavy atom. The predicted molar refractivity (Wildman–Crippen MR) is 303 cm³/mol. The lowest BCUT2D eigenvalue weighted by molar-refractivity contribution is -0.127. The van der Waals surface area contributed by atoms with E-state index in [1.807, 2.05) is 106 Å². The first-order valence-electron chi connectivity index (χ1n) is 27.7. The summed E-state index contributed by atoms with van der Waals surface area (Å²) in [6, 6.07) is 23.5. The molecule has 2 fully saturated rings. The second kappa shape index (κ2) is 29.1. The number of hydrogen-bond donors (Lipinski definition) is 3. The Balaban J connectivity index is 0.594. The number of aliphatic hydroxyl groups is 1. The van der Waals surface area contributed by atoms with E-state index in [0.29, 0.717) is 126 Å². The summed E-state index contributed by atoms with van der Waals surface area (Å²) in [6.45, 7) is 10.4. The highest BCUT2D eigenvalue weighted by Crippen LogP contribution is 2.35. The summed E-state index contributed by atoms with van der Waals surface area (Å²) in [5.74, 6) is 4.10. The molecule has 420 valence electrons. The lowest BCUT2D eigenvalue weighted by Crippen LogP contribution is -2.40. The van der Waals surface area contributed by atoms with Gasteiger partial charge >= 0.3 is 0 Å². The molecule has 5 aromatic heterocycles. The van der Waals surface area contributed by atoms with Crippen molar-refractivity contribution in [3.05, 3.63) is 115 Å².